The molecule has 1 aliphatic carbocycles. The second-order valence-electron chi connectivity index (χ2n) is 10.5. The van der Waals surface area contributed by atoms with Gasteiger partial charge < -0.3 is 24.2 Å². The van der Waals surface area contributed by atoms with Crippen LogP contribution < -0.4 is 0 Å². The van der Waals surface area contributed by atoms with Crippen LogP contribution in [-0.4, -0.2) is 136 Å². The standard InChI is InChI=1S/C27H48I2N4O10/c1-30(17-19-31(13-9-24(34)38-2)14-10-25(35)39-3)18-21-33(23-7-5-4-6-8-23)22-20-32(15-11-26(36)40-42-28)16-12-27(37)41-43-29/h23H,4-22H2,1-3H3. The summed E-state index contributed by atoms with van der Waals surface area (Å²) in [6, 6.07) is 0.482. The molecule has 0 N–H and O–H groups in total. The van der Waals surface area contributed by atoms with Gasteiger partial charge in [0.2, 0.25) is 0 Å². The number of carbonyl (C=O) groups is 4. The highest BCUT2D eigenvalue weighted by atomic mass is 127. The van der Waals surface area contributed by atoms with Gasteiger partial charge in [0.1, 0.15) is 0 Å². The molecule has 0 heterocycles. The Labute approximate surface area is 283 Å². The zero-order valence-electron chi connectivity index (χ0n) is 25.6. The van der Waals surface area contributed by atoms with Gasteiger partial charge in [-0.15, -0.1) is 6.43 Å². The van der Waals surface area contributed by atoms with Crippen molar-refractivity contribution in [1.29, 1.82) is 0 Å². The molecule has 0 amide bonds. The highest BCUT2D eigenvalue weighted by molar-refractivity contribution is 14.1. The molecular weight excluding hydrogens is 794 g/mol. The fourth-order valence-corrected chi connectivity index (χ4v) is 5.34. The SMILES string of the molecule is COC(=O)CCN(CCC(=O)OC)CCN(C)CCN(CCN(CCC(=O)OOI)CCC(=O)OOI)C1CCCCC1. The van der Waals surface area contributed by atoms with Crippen molar-refractivity contribution in [2.24, 2.45) is 0 Å². The van der Waals surface area contributed by atoms with Crippen LogP contribution >= 0.6 is 46.0 Å². The van der Waals surface area contributed by atoms with Crippen molar-refractivity contribution in [3.63, 3.8) is 0 Å². The summed E-state index contributed by atoms with van der Waals surface area (Å²) in [5.74, 6) is -1.51. The summed E-state index contributed by atoms with van der Waals surface area (Å²) in [7, 11) is 4.82. The first-order valence-electron chi connectivity index (χ1n) is 14.7. The zero-order chi connectivity index (χ0) is 31.9. The molecule has 1 aliphatic rings. The Morgan fingerprint density at radius 3 is 1.42 bits per heavy atom. The lowest BCUT2D eigenvalue weighted by molar-refractivity contribution is -0.196. The highest BCUT2D eigenvalue weighted by Gasteiger charge is 2.23. The molecule has 0 aromatic rings. The van der Waals surface area contributed by atoms with Crippen molar-refractivity contribution >= 4 is 69.9 Å². The maximum Gasteiger partial charge on any atom is 0.344 e. The fraction of sp³-hybridized carbons (Fsp3) is 0.852. The second-order valence-corrected chi connectivity index (χ2v) is 11.2. The first-order chi connectivity index (χ1) is 20.7. The number of hydrogen-bond acceptors (Lipinski definition) is 14. The molecule has 14 nitrogen and oxygen atoms in total. The maximum absolute atomic E-state index is 11.9. The van der Waals surface area contributed by atoms with Gasteiger partial charge in [-0.05, 0) is 19.9 Å². The number of likely N-dealkylation sites (N-methyl/N-ethyl adjacent to an activating group) is 1. The van der Waals surface area contributed by atoms with Gasteiger partial charge in [-0.2, -0.15) is 0 Å². The largest absolute Gasteiger partial charge is 0.469 e. The third-order valence-corrected chi connectivity index (χ3v) is 7.95. The topological polar surface area (TPSA) is 137 Å². The third kappa shape index (κ3) is 20.0. The predicted molar refractivity (Wildman–Crippen MR) is 174 cm³/mol. The number of nitrogens with zero attached hydrogens (tertiary/aromatic N) is 4. The average molecular weight is 843 g/mol. The Morgan fingerprint density at radius 2 is 0.977 bits per heavy atom. The molecule has 0 bridgehead atoms. The lowest BCUT2D eigenvalue weighted by Gasteiger charge is -2.37. The van der Waals surface area contributed by atoms with Crippen LogP contribution in [0.2, 0.25) is 0 Å². The van der Waals surface area contributed by atoms with Gasteiger partial charge in [-0.25, -0.2) is 9.59 Å². The van der Waals surface area contributed by atoms with E-state index in [2.05, 4.69) is 42.9 Å². The van der Waals surface area contributed by atoms with Crippen LogP contribution in [0.25, 0.3) is 0 Å². The summed E-state index contributed by atoms with van der Waals surface area (Å²) in [5, 5.41) is 0. The molecule has 0 radical (unpaired) electrons. The minimum Gasteiger partial charge on any atom is -0.469 e. The van der Waals surface area contributed by atoms with Gasteiger partial charge in [0.25, 0.3) is 0 Å². The Morgan fingerprint density at radius 1 is 0.581 bits per heavy atom. The molecule has 0 aromatic carbocycles. The van der Waals surface area contributed by atoms with Crippen LogP contribution in [0.4, 0.5) is 0 Å². The molecule has 0 spiro atoms. The summed E-state index contributed by atoms with van der Waals surface area (Å²) >= 11 is 3.00. The highest BCUT2D eigenvalue weighted by Crippen LogP contribution is 2.22. The minimum atomic E-state index is -0.476. The summed E-state index contributed by atoms with van der Waals surface area (Å²) in [5.41, 5.74) is 0. The van der Waals surface area contributed by atoms with E-state index in [0.29, 0.717) is 45.3 Å². The first kappa shape index (κ1) is 40.1. The van der Waals surface area contributed by atoms with Gasteiger partial charge in [0.15, 0.2) is 46.0 Å². The lowest BCUT2D eigenvalue weighted by atomic mass is 9.94. The number of rotatable bonds is 24. The Bertz CT molecular complexity index is 766. The van der Waals surface area contributed by atoms with E-state index in [-0.39, 0.29) is 37.6 Å². The minimum absolute atomic E-state index is 0.134. The Balaban J connectivity index is 2.74. The van der Waals surface area contributed by atoms with E-state index in [1.54, 1.807) is 0 Å². The molecule has 250 valence electrons. The molecule has 0 unspecified atom stereocenters. The molecule has 0 aliphatic heterocycles. The zero-order valence-corrected chi connectivity index (χ0v) is 30.0. The van der Waals surface area contributed by atoms with Crippen molar-refractivity contribution in [3.8, 4) is 0 Å². The van der Waals surface area contributed by atoms with Gasteiger partial charge in [-0.3, -0.25) is 24.3 Å². The summed E-state index contributed by atoms with van der Waals surface area (Å²) in [4.78, 5) is 65.2. The van der Waals surface area contributed by atoms with Gasteiger partial charge in [0, 0.05) is 71.5 Å². The van der Waals surface area contributed by atoms with Gasteiger partial charge in [0.05, 0.1) is 39.9 Å². The molecule has 16 heteroatoms. The fourth-order valence-electron chi connectivity index (χ4n) is 4.94. The molecule has 0 atom stereocenters. The molecular formula is C27H48I2N4O10. The van der Waals surface area contributed by atoms with Gasteiger partial charge in [-0.1, -0.05) is 19.3 Å². The molecule has 0 aromatic heterocycles. The average Bonchev–Trinajstić information content (AvgIpc) is 3.01. The molecule has 1 saturated carbocycles. The predicted octanol–water partition coefficient (Wildman–Crippen LogP) is 2.71. The monoisotopic (exact) mass is 842 g/mol. The number of esters is 2. The Hall–Kier alpha value is -0.900. The van der Waals surface area contributed by atoms with Crippen molar-refractivity contribution in [2.75, 3.05) is 86.7 Å². The normalized spacial score (nSPS) is 14.0. The van der Waals surface area contributed by atoms with E-state index in [9.17, 15) is 19.2 Å². The lowest BCUT2D eigenvalue weighted by Crippen LogP contribution is -2.46. The summed E-state index contributed by atoms with van der Waals surface area (Å²) < 4.78 is 18.4. The van der Waals surface area contributed by atoms with Crippen LogP contribution in [0, 0.1) is 0 Å². The van der Waals surface area contributed by atoms with E-state index >= 15 is 0 Å². The van der Waals surface area contributed by atoms with Crippen LogP contribution in [-0.2, 0) is 44.9 Å². The number of hydrogen-bond donors (Lipinski definition) is 0. The molecule has 0 saturated heterocycles. The second kappa shape index (κ2) is 25.3. The van der Waals surface area contributed by atoms with E-state index in [4.69, 9.17) is 9.47 Å². The summed E-state index contributed by atoms with van der Waals surface area (Å²) in [6.45, 7) is 6.51. The Kier molecular flexibility index (Phi) is 23.6. The smallest absolute Gasteiger partial charge is 0.344 e. The number of carbonyl (C=O) groups excluding carboxylic acids is 4. The van der Waals surface area contributed by atoms with E-state index in [1.165, 1.54) is 79.5 Å². The summed E-state index contributed by atoms with van der Waals surface area (Å²) in [6.07, 6.45) is 6.77. The van der Waals surface area contributed by atoms with Gasteiger partial charge >= 0.3 is 23.9 Å². The van der Waals surface area contributed by atoms with Crippen molar-refractivity contribution < 1.29 is 44.9 Å². The van der Waals surface area contributed by atoms with E-state index in [1.807, 2.05) is 0 Å². The quantitative estimate of drug-likeness (QED) is 0.0610. The molecule has 1 fully saturated rings. The van der Waals surface area contributed by atoms with E-state index < -0.39 is 11.9 Å². The molecule has 43 heavy (non-hydrogen) atoms. The van der Waals surface area contributed by atoms with Crippen LogP contribution in [0.5, 0.6) is 0 Å². The van der Waals surface area contributed by atoms with Crippen LogP contribution in [0.3, 0.4) is 0 Å². The molecule has 1 rings (SSSR count). The van der Waals surface area contributed by atoms with Crippen molar-refractivity contribution in [1.82, 2.24) is 19.6 Å². The third-order valence-electron chi connectivity index (χ3n) is 7.59. The van der Waals surface area contributed by atoms with Crippen LogP contribution in [0.1, 0.15) is 57.8 Å². The van der Waals surface area contributed by atoms with Crippen molar-refractivity contribution in [3.05, 3.63) is 0 Å². The number of ether oxygens (including phenoxy) is 2. The van der Waals surface area contributed by atoms with E-state index in [0.717, 1.165) is 39.0 Å². The number of halogens is 2. The maximum atomic E-state index is 11.9. The van der Waals surface area contributed by atoms with Crippen LogP contribution in [0.15, 0.2) is 0 Å². The van der Waals surface area contributed by atoms with Crippen molar-refractivity contribution in [2.45, 2.75) is 63.8 Å². The number of methoxy groups -OCH3 is 2. The first-order valence-corrected chi connectivity index (χ1v) is 16.5.